The minimum Gasteiger partial charge on any atom is -0.393 e. The van der Waals surface area contributed by atoms with Crippen molar-refractivity contribution in [2.24, 2.45) is 34.5 Å². The molecule has 0 aromatic heterocycles. The van der Waals surface area contributed by atoms with Crippen molar-refractivity contribution < 1.29 is 10.2 Å². The predicted octanol–water partition coefficient (Wildman–Crippen LogP) is 4.14. The molecule has 4 fully saturated rings. The molecule has 0 radical (unpaired) electrons. The van der Waals surface area contributed by atoms with Gasteiger partial charge in [0.15, 0.2) is 0 Å². The van der Waals surface area contributed by atoms with Crippen molar-refractivity contribution in [2.75, 3.05) is 0 Å². The number of aliphatic hydroxyl groups excluding tert-OH is 1. The maximum Gasteiger partial charge on any atom is 0.0675 e. The number of aliphatic hydroxyl groups is 2. The van der Waals surface area contributed by atoms with E-state index < -0.39 is 5.60 Å². The second-order valence-corrected chi connectivity index (χ2v) is 9.85. The zero-order valence-electron chi connectivity index (χ0n) is 14.6. The molecular formula is C20H34O2. The molecule has 8 atom stereocenters. The molecule has 0 bridgehead atoms. The van der Waals surface area contributed by atoms with E-state index in [1.54, 1.807) is 0 Å². The molecule has 0 aromatic carbocycles. The van der Waals surface area contributed by atoms with Crippen molar-refractivity contribution in [3.63, 3.8) is 0 Å². The van der Waals surface area contributed by atoms with E-state index in [-0.39, 0.29) is 11.5 Å². The highest BCUT2D eigenvalue weighted by atomic mass is 16.3. The highest BCUT2D eigenvalue weighted by Crippen LogP contribution is 2.68. The Bertz CT molecular complexity index is 459. The van der Waals surface area contributed by atoms with Crippen LogP contribution in [0.1, 0.15) is 78.6 Å². The molecule has 2 heteroatoms. The molecule has 0 aromatic rings. The van der Waals surface area contributed by atoms with E-state index >= 15 is 0 Å². The summed E-state index contributed by atoms with van der Waals surface area (Å²) in [6.45, 7) is 7.01. The van der Waals surface area contributed by atoms with Crippen LogP contribution < -0.4 is 0 Å². The Balaban J connectivity index is 1.64. The molecule has 4 saturated carbocycles. The lowest BCUT2D eigenvalue weighted by Gasteiger charge is -2.61. The fraction of sp³-hybridized carbons (Fsp3) is 1.00. The smallest absolute Gasteiger partial charge is 0.0675 e. The van der Waals surface area contributed by atoms with Crippen molar-refractivity contribution in [2.45, 2.75) is 90.3 Å². The largest absolute Gasteiger partial charge is 0.393 e. The molecule has 4 aliphatic carbocycles. The van der Waals surface area contributed by atoms with Crippen LogP contribution >= 0.6 is 0 Å². The number of rotatable bonds is 0. The van der Waals surface area contributed by atoms with Gasteiger partial charge in [-0.3, -0.25) is 0 Å². The van der Waals surface area contributed by atoms with Gasteiger partial charge in [-0.15, -0.1) is 0 Å². The third-order valence-electron chi connectivity index (χ3n) is 9.20. The van der Waals surface area contributed by atoms with Gasteiger partial charge in [0.05, 0.1) is 11.7 Å². The normalized spacial score (nSPS) is 61.2. The second kappa shape index (κ2) is 4.72. The van der Waals surface area contributed by atoms with Crippen LogP contribution in [0.25, 0.3) is 0 Å². The Hall–Kier alpha value is -0.0800. The van der Waals surface area contributed by atoms with E-state index in [2.05, 4.69) is 20.8 Å². The highest BCUT2D eigenvalue weighted by Gasteiger charge is 2.63. The van der Waals surface area contributed by atoms with E-state index in [0.717, 1.165) is 42.9 Å². The van der Waals surface area contributed by atoms with Crippen LogP contribution in [0.15, 0.2) is 0 Å². The maximum absolute atomic E-state index is 10.9. The molecule has 0 saturated heterocycles. The molecule has 2 nitrogen and oxygen atoms in total. The predicted molar refractivity (Wildman–Crippen MR) is 88.4 cm³/mol. The Kier molecular flexibility index (Phi) is 3.32. The quantitative estimate of drug-likeness (QED) is 0.706. The van der Waals surface area contributed by atoms with Gasteiger partial charge in [0.25, 0.3) is 0 Å². The van der Waals surface area contributed by atoms with Gasteiger partial charge in [0, 0.05) is 0 Å². The Morgan fingerprint density at radius 2 is 1.55 bits per heavy atom. The van der Waals surface area contributed by atoms with Gasteiger partial charge in [0.2, 0.25) is 0 Å². The van der Waals surface area contributed by atoms with Crippen molar-refractivity contribution in [1.29, 1.82) is 0 Å². The summed E-state index contributed by atoms with van der Waals surface area (Å²) < 4.78 is 0. The highest BCUT2D eigenvalue weighted by molar-refractivity contribution is 5.12. The topological polar surface area (TPSA) is 40.5 Å². The van der Waals surface area contributed by atoms with E-state index in [4.69, 9.17) is 0 Å². The lowest BCUT2D eigenvalue weighted by atomic mass is 9.44. The minimum absolute atomic E-state index is 0.0457. The van der Waals surface area contributed by atoms with Gasteiger partial charge in [-0.1, -0.05) is 13.8 Å². The first kappa shape index (κ1) is 15.4. The third kappa shape index (κ3) is 1.86. The van der Waals surface area contributed by atoms with Gasteiger partial charge in [0.1, 0.15) is 0 Å². The summed E-state index contributed by atoms with van der Waals surface area (Å²) in [6.07, 6.45) is 10.6. The molecule has 126 valence electrons. The zero-order valence-corrected chi connectivity index (χ0v) is 14.6. The summed E-state index contributed by atoms with van der Waals surface area (Å²) in [6, 6.07) is 0. The van der Waals surface area contributed by atoms with Gasteiger partial charge in [-0.05, 0) is 99.2 Å². The standard InChI is InChI=1S/C20H34O2/c1-18-9-6-14(21)12-13(18)4-5-15-16(18)7-10-19(2)17(15)8-11-20(19,3)22/h13-17,21-22H,4-12H2,1-3H3/t13-,14-,15+,16-,17+,18-,19+,20+/m0/s1. The average Bonchev–Trinajstić information content (AvgIpc) is 2.70. The van der Waals surface area contributed by atoms with Crippen molar-refractivity contribution >= 4 is 0 Å². The second-order valence-electron chi connectivity index (χ2n) is 9.85. The van der Waals surface area contributed by atoms with Crippen molar-refractivity contribution in [1.82, 2.24) is 0 Å². The Morgan fingerprint density at radius 3 is 2.32 bits per heavy atom. The van der Waals surface area contributed by atoms with Crippen LogP contribution in [-0.2, 0) is 0 Å². The van der Waals surface area contributed by atoms with E-state index in [0.29, 0.717) is 5.41 Å². The third-order valence-corrected chi connectivity index (χ3v) is 9.20. The van der Waals surface area contributed by atoms with E-state index in [1.807, 2.05) is 0 Å². The summed E-state index contributed by atoms with van der Waals surface area (Å²) in [4.78, 5) is 0. The van der Waals surface area contributed by atoms with Crippen LogP contribution in [0.3, 0.4) is 0 Å². The van der Waals surface area contributed by atoms with Gasteiger partial charge >= 0.3 is 0 Å². The van der Waals surface area contributed by atoms with E-state index in [9.17, 15) is 10.2 Å². The first-order valence-electron chi connectivity index (χ1n) is 9.68. The van der Waals surface area contributed by atoms with Gasteiger partial charge in [-0.2, -0.15) is 0 Å². The molecule has 0 unspecified atom stereocenters. The lowest BCUT2D eigenvalue weighted by molar-refractivity contribution is -0.153. The zero-order chi connectivity index (χ0) is 15.8. The first-order chi connectivity index (χ1) is 10.3. The van der Waals surface area contributed by atoms with E-state index in [1.165, 1.54) is 38.5 Å². The van der Waals surface area contributed by atoms with Crippen LogP contribution in [0.4, 0.5) is 0 Å². The molecule has 0 aliphatic heterocycles. The van der Waals surface area contributed by atoms with Gasteiger partial charge in [-0.25, -0.2) is 0 Å². The van der Waals surface area contributed by atoms with Crippen LogP contribution in [0.5, 0.6) is 0 Å². The SMILES string of the molecule is C[C@]12CC[C@H](O)C[C@@H]1CC[C@H]1[C@H]3CC[C@@](C)(O)[C@]3(C)CC[C@@H]12. The summed E-state index contributed by atoms with van der Waals surface area (Å²) in [5.41, 5.74) is 0.145. The molecule has 0 spiro atoms. The molecule has 4 rings (SSSR count). The van der Waals surface area contributed by atoms with Gasteiger partial charge < -0.3 is 10.2 Å². The average molecular weight is 306 g/mol. The van der Waals surface area contributed by atoms with Crippen molar-refractivity contribution in [3.8, 4) is 0 Å². The van der Waals surface area contributed by atoms with Crippen molar-refractivity contribution in [3.05, 3.63) is 0 Å². The fourth-order valence-electron chi connectivity index (χ4n) is 7.48. The molecule has 0 heterocycles. The Labute approximate surface area is 135 Å². The number of fused-ring (bicyclic) bond motifs is 5. The molecule has 0 amide bonds. The summed E-state index contributed by atoms with van der Waals surface area (Å²) >= 11 is 0. The number of hydrogen-bond donors (Lipinski definition) is 2. The monoisotopic (exact) mass is 306 g/mol. The molecule has 4 aliphatic rings. The molecule has 2 N–H and O–H groups in total. The molecule has 22 heavy (non-hydrogen) atoms. The summed E-state index contributed by atoms with van der Waals surface area (Å²) in [7, 11) is 0. The number of hydrogen-bond acceptors (Lipinski definition) is 2. The first-order valence-corrected chi connectivity index (χ1v) is 9.68. The maximum atomic E-state index is 10.9. The Morgan fingerprint density at radius 1 is 0.818 bits per heavy atom. The summed E-state index contributed by atoms with van der Waals surface area (Å²) in [5.74, 6) is 3.13. The van der Waals surface area contributed by atoms with Crippen LogP contribution in [-0.4, -0.2) is 21.9 Å². The summed E-state index contributed by atoms with van der Waals surface area (Å²) in [5, 5.41) is 21.0. The van der Waals surface area contributed by atoms with Crippen LogP contribution in [0.2, 0.25) is 0 Å². The minimum atomic E-state index is -0.455. The fourth-order valence-corrected chi connectivity index (χ4v) is 7.48. The lowest BCUT2D eigenvalue weighted by Crippen LogP contribution is -2.56. The molecular weight excluding hydrogens is 272 g/mol. The van der Waals surface area contributed by atoms with Crippen LogP contribution in [0, 0.1) is 34.5 Å².